The van der Waals surface area contributed by atoms with Crippen molar-refractivity contribution in [3.63, 3.8) is 0 Å². The molecule has 1 aromatic heterocycles. The molecule has 19 heavy (non-hydrogen) atoms. The summed E-state index contributed by atoms with van der Waals surface area (Å²) in [5.41, 5.74) is 2.29. The Labute approximate surface area is 130 Å². The maximum atomic E-state index is 5.84. The minimum absolute atomic E-state index is 0.449. The van der Waals surface area contributed by atoms with Crippen LogP contribution in [0, 0.1) is 0 Å². The standard InChI is InChI=1S/C14H14BrClO2S/c1-17-13-7-11(8-16)6-12(15)14(13)18-4-2-10-3-5-19-9-10/h3,5-7,9H,2,4,8H2,1H3. The maximum absolute atomic E-state index is 5.84. The normalized spacial score (nSPS) is 10.5. The first-order chi connectivity index (χ1) is 9.24. The number of halogens is 2. The van der Waals surface area contributed by atoms with Crippen LogP contribution in [0.2, 0.25) is 0 Å². The highest BCUT2D eigenvalue weighted by atomic mass is 79.9. The smallest absolute Gasteiger partial charge is 0.175 e. The number of benzene rings is 1. The van der Waals surface area contributed by atoms with Gasteiger partial charge in [0.1, 0.15) is 0 Å². The molecule has 1 aromatic carbocycles. The van der Waals surface area contributed by atoms with E-state index in [9.17, 15) is 0 Å². The Morgan fingerprint density at radius 1 is 1.32 bits per heavy atom. The fourth-order valence-electron chi connectivity index (χ4n) is 1.70. The number of hydrogen-bond donors (Lipinski definition) is 0. The van der Waals surface area contributed by atoms with Crippen molar-refractivity contribution in [2.24, 2.45) is 0 Å². The Morgan fingerprint density at radius 3 is 2.79 bits per heavy atom. The summed E-state index contributed by atoms with van der Waals surface area (Å²) in [6.45, 7) is 0.617. The van der Waals surface area contributed by atoms with Crippen molar-refractivity contribution in [2.75, 3.05) is 13.7 Å². The van der Waals surface area contributed by atoms with Crippen molar-refractivity contribution in [3.05, 3.63) is 44.6 Å². The lowest BCUT2D eigenvalue weighted by atomic mass is 10.2. The number of hydrogen-bond acceptors (Lipinski definition) is 3. The van der Waals surface area contributed by atoms with Gasteiger partial charge in [-0.3, -0.25) is 0 Å². The molecule has 0 unspecified atom stereocenters. The lowest BCUT2D eigenvalue weighted by Crippen LogP contribution is -2.03. The third kappa shape index (κ3) is 3.88. The quantitative estimate of drug-likeness (QED) is 0.683. The van der Waals surface area contributed by atoms with Crippen LogP contribution < -0.4 is 9.47 Å². The summed E-state index contributed by atoms with van der Waals surface area (Å²) in [6, 6.07) is 5.96. The third-order valence-electron chi connectivity index (χ3n) is 2.66. The van der Waals surface area contributed by atoms with Crippen molar-refractivity contribution < 1.29 is 9.47 Å². The number of rotatable bonds is 6. The molecule has 102 valence electrons. The van der Waals surface area contributed by atoms with E-state index in [1.54, 1.807) is 18.4 Å². The largest absolute Gasteiger partial charge is 0.493 e. The average molecular weight is 362 g/mol. The van der Waals surface area contributed by atoms with Crippen LogP contribution in [0.1, 0.15) is 11.1 Å². The van der Waals surface area contributed by atoms with Gasteiger partial charge in [-0.1, -0.05) is 0 Å². The van der Waals surface area contributed by atoms with E-state index in [1.807, 2.05) is 12.1 Å². The summed E-state index contributed by atoms with van der Waals surface area (Å²) in [4.78, 5) is 0. The van der Waals surface area contributed by atoms with Gasteiger partial charge in [0.05, 0.1) is 18.2 Å². The lowest BCUT2D eigenvalue weighted by molar-refractivity contribution is 0.295. The molecule has 5 heteroatoms. The number of ether oxygens (including phenoxy) is 2. The zero-order valence-electron chi connectivity index (χ0n) is 10.5. The molecule has 0 amide bonds. The van der Waals surface area contributed by atoms with Gasteiger partial charge in [0, 0.05) is 12.3 Å². The highest BCUT2D eigenvalue weighted by Gasteiger charge is 2.11. The van der Waals surface area contributed by atoms with Crippen molar-refractivity contribution in [3.8, 4) is 11.5 Å². The van der Waals surface area contributed by atoms with Gasteiger partial charge in [-0.05, 0) is 56.0 Å². The molecule has 2 nitrogen and oxygen atoms in total. The van der Waals surface area contributed by atoms with Crippen LogP contribution in [0.25, 0.3) is 0 Å². The van der Waals surface area contributed by atoms with Gasteiger partial charge in [-0.2, -0.15) is 11.3 Å². The summed E-state index contributed by atoms with van der Waals surface area (Å²) in [5.74, 6) is 1.88. The third-order valence-corrected chi connectivity index (χ3v) is 4.29. The minimum Gasteiger partial charge on any atom is -0.493 e. The molecule has 0 N–H and O–H groups in total. The van der Waals surface area contributed by atoms with E-state index in [1.165, 1.54) is 5.56 Å². The lowest BCUT2D eigenvalue weighted by Gasteiger charge is -2.13. The molecule has 0 fully saturated rings. The Kier molecular flexibility index (Phi) is 5.55. The number of thiophene rings is 1. The van der Waals surface area contributed by atoms with E-state index in [4.69, 9.17) is 21.1 Å². The second kappa shape index (κ2) is 7.17. The summed E-state index contributed by atoms with van der Waals surface area (Å²) < 4.78 is 12.0. The van der Waals surface area contributed by atoms with E-state index in [0.717, 1.165) is 22.2 Å². The zero-order valence-corrected chi connectivity index (χ0v) is 13.6. The fourth-order valence-corrected chi connectivity index (χ4v) is 3.16. The van der Waals surface area contributed by atoms with Gasteiger partial charge in [0.2, 0.25) is 0 Å². The van der Waals surface area contributed by atoms with Gasteiger partial charge in [-0.25, -0.2) is 0 Å². The molecule has 0 atom stereocenters. The molecule has 0 aliphatic carbocycles. The van der Waals surface area contributed by atoms with E-state index in [0.29, 0.717) is 18.2 Å². The second-order valence-electron chi connectivity index (χ2n) is 3.97. The van der Waals surface area contributed by atoms with Crippen LogP contribution >= 0.6 is 38.9 Å². The second-order valence-corrected chi connectivity index (χ2v) is 5.87. The van der Waals surface area contributed by atoms with Gasteiger partial charge >= 0.3 is 0 Å². The van der Waals surface area contributed by atoms with E-state index in [-0.39, 0.29) is 0 Å². The first-order valence-electron chi connectivity index (χ1n) is 5.81. The Bertz CT molecular complexity index is 528. The van der Waals surface area contributed by atoms with Crippen molar-refractivity contribution in [2.45, 2.75) is 12.3 Å². The molecule has 2 rings (SSSR count). The molecule has 0 saturated heterocycles. The molecule has 0 bridgehead atoms. The number of methoxy groups -OCH3 is 1. The SMILES string of the molecule is COc1cc(CCl)cc(Br)c1OCCc1ccsc1. The minimum atomic E-state index is 0.449. The Morgan fingerprint density at radius 2 is 2.16 bits per heavy atom. The molecule has 0 aliphatic rings. The topological polar surface area (TPSA) is 18.5 Å². The van der Waals surface area contributed by atoms with Crippen LogP contribution in [0.3, 0.4) is 0 Å². The van der Waals surface area contributed by atoms with Crippen molar-refractivity contribution in [1.29, 1.82) is 0 Å². The molecule has 0 saturated carbocycles. The van der Waals surface area contributed by atoms with Gasteiger partial charge in [-0.15, -0.1) is 11.6 Å². The van der Waals surface area contributed by atoms with Crippen LogP contribution in [-0.4, -0.2) is 13.7 Å². The molecule has 1 heterocycles. The van der Waals surface area contributed by atoms with E-state index < -0.39 is 0 Å². The Hall–Kier alpha value is -0.710. The van der Waals surface area contributed by atoms with Crippen LogP contribution in [0.15, 0.2) is 33.4 Å². The van der Waals surface area contributed by atoms with Gasteiger partial charge in [0.15, 0.2) is 11.5 Å². The average Bonchev–Trinajstić information content (AvgIpc) is 2.93. The first-order valence-corrected chi connectivity index (χ1v) is 8.08. The van der Waals surface area contributed by atoms with E-state index in [2.05, 4.69) is 32.8 Å². The van der Waals surface area contributed by atoms with Crippen molar-refractivity contribution >= 4 is 38.9 Å². The molecular formula is C14H14BrClO2S. The van der Waals surface area contributed by atoms with Gasteiger partial charge in [0.25, 0.3) is 0 Å². The van der Waals surface area contributed by atoms with Crippen LogP contribution in [0.5, 0.6) is 11.5 Å². The molecule has 0 aliphatic heterocycles. The van der Waals surface area contributed by atoms with E-state index >= 15 is 0 Å². The highest BCUT2D eigenvalue weighted by molar-refractivity contribution is 9.10. The Balaban J connectivity index is 2.06. The monoisotopic (exact) mass is 360 g/mol. The highest BCUT2D eigenvalue weighted by Crippen LogP contribution is 2.37. The molecular weight excluding hydrogens is 348 g/mol. The maximum Gasteiger partial charge on any atom is 0.175 e. The fraction of sp³-hybridized carbons (Fsp3) is 0.286. The summed E-state index contributed by atoms with van der Waals surface area (Å²) in [6.07, 6.45) is 0.885. The predicted molar refractivity (Wildman–Crippen MR) is 83.8 cm³/mol. The predicted octanol–water partition coefficient (Wildman–Crippen LogP) is 4.88. The summed E-state index contributed by atoms with van der Waals surface area (Å²) in [5, 5.41) is 4.20. The van der Waals surface area contributed by atoms with Crippen LogP contribution in [-0.2, 0) is 12.3 Å². The summed E-state index contributed by atoms with van der Waals surface area (Å²) in [7, 11) is 1.63. The summed E-state index contributed by atoms with van der Waals surface area (Å²) >= 11 is 11.0. The first kappa shape index (κ1) is 14.7. The molecule has 0 spiro atoms. The van der Waals surface area contributed by atoms with Gasteiger partial charge < -0.3 is 9.47 Å². The van der Waals surface area contributed by atoms with Crippen molar-refractivity contribution in [1.82, 2.24) is 0 Å². The zero-order chi connectivity index (χ0) is 13.7. The number of alkyl halides is 1. The molecule has 2 aromatic rings. The molecule has 0 radical (unpaired) electrons. The van der Waals surface area contributed by atoms with Crippen LogP contribution in [0.4, 0.5) is 0 Å².